The Bertz CT molecular complexity index is 1110. The molecule has 2 N–H and O–H groups in total. The van der Waals surface area contributed by atoms with Crippen molar-refractivity contribution in [2.24, 2.45) is 0 Å². The number of nitrogens with one attached hydrogen (secondary N) is 1. The van der Waals surface area contributed by atoms with Crippen LogP contribution in [0.3, 0.4) is 0 Å². The van der Waals surface area contributed by atoms with Crippen LogP contribution in [0.1, 0.15) is 37.2 Å². The third-order valence-corrected chi connectivity index (χ3v) is 6.47. The SMILES string of the molecule is C[C@@H]1CN(Cc2ccc(F)c(-c3ccnc(CCCc4ccc(O)c(Cl)c4)n3)c2)[C@@H](C)CN1. The van der Waals surface area contributed by atoms with Gasteiger partial charge in [0.25, 0.3) is 0 Å². The predicted molar refractivity (Wildman–Crippen MR) is 130 cm³/mol. The van der Waals surface area contributed by atoms with Crippen LogP contribution in [0.25, 0.3) is 11.3 Å². The molecule has 0 radical (unpaired) electrons. The van der Waals surface area contributed by atoms with Gasteiger partial charge in [-0.3, -0.25) is 4.90 Å². The zero-order chi connectivity index (χ0) is 23.4. The van der Waals surface area contributed by atoms with Gasteiger partial charge >= 0.3 is 0 Å². The molecule has 33 heavy (non-hydrogen) atoms. The second-order valence-electron chi connectivity index (χ2n) is 8.90. The van der Waals surface area contributed by atoms with Crippen LogP contribution in [0, 0.1) is 5.82 Å². The van der Waals surface area contributed by atoms with Crippen molar-refractivity contribution in [3.8, 4) is 17.0 Å². The van der Waals surface area contributed by atoms with E-state index >= 15 is 0 Å². The van der Waals surface area contributed by atoms with Gasteiger partial charge in [-0.25, -0.2) is 14.4 Å². The van der Waals surface area contributed by atoms with Gasteiger partial charge < -0.3 is 10.4 Å². The van der Waals surface area contributed by atoms with E-state index in [0.717, 1.165) is 43.6 Å². The Morgan fingerprint density at radius 1 is 1.12 bits per heavy atom. The average Bonchev–Trinajstić information content (AvgIpc) is 2.80. The molecule has 7 heteroatoms. The van der Waals surface area contributed by atoms with Crippen LogP contribution >= 0.6 is 11.6 Å². The van der Waals surface area contributed by atoms with Crippen molar-refractivity contribution in [2.45, 2.75) is 51.7 Å². The first-order valence-electron chi connectivity index (χ1n) is 11.4. The highest BCUT2D eigenvalue weighted by Gasteiger charge is 2.22. The van der Waals surface area contributed by atoms with E-state index in [9.17, 15) is 9.50 Å². The number of benzene rings is 2. The van der Waals surface area contributed by atoms with Gasteiger partial charge in [0.15, 0.2) is 0 Å². The van der Waals surface area contributed by atoms with Crippen molar-refractivity contribution in [3.63, 3.8) is 0 Å². The number of piperazine rings is 1. The van der Waals surface area contributed by atoms with E-state index < -0.39 is 0 Å². The van der Waals surface area contributed by atoms with Gasteiger partial charge in [0, 0.05) is 49.9 Å². The van der Waals surface area contributed by atoms with Crippen molar-refractivity contribution in [1.29, 1.82) is 0 Å². The largest absolute Gasteiger partial charge is 0.506 e. The minimum Gasteiger partial charge on any atom is -0.506 e. The molecular formula is C26H30ClFN4O. The van der Waals surface area contributed by atoms with Gasteiger partial charge in [-0.1, -0.05) is 23.7 Å². The number of phenols is 1. The number of hydrogen-bond acceptors (Lipinski definition) is 5. The second-order valence-corrected chi connectivity index (χ2v) is 9.31. The lowest BCUT2D eigenvalue weighted by Crippen LogP contribution is -2.53. The van der Waals surface area contributed by atoms with Crippen LogP contribution in [0.5, 0.6) is 5.75 Å². The molecule has 0 saturated carbocycles. The number of hydrogen-bond donors (Lipinski definition) is 2. The molecule has 1 fully saturated rings. The summed E-state index contributed by atoms with van der Waals surface area (Å²) in [7, 11) is 0. The Kier molecular flexibility index (Phi) is 7.58. The van der Waals surface area contributed by atoms with Crippen molar-refractivity contribution in [1.82, 2.24) is 20.2 Å². The van der Waals surface area contributed by atoms with E-state index in [4.69, 9.17) is 11.6 Å². The molecule has 5 nitrogen and oxygen atoms in total. The van der Waals surface area contributed by atoms with Gasteiger partial charge in [0.05, 0.1) is 10.7 Å². The number of aryl methyl sites for hydroxylation is 2. The summed E-state index contributed by atoms with van der Waals surface area (Å²) in [5.41, 5.74) is 3.24. The molecule has 0 aliphatic carbocycles. The summed E-state index contributed by atoms with van der Waals surface area (Å²) in [6, 6.07) is 13.2. The Balaban J connectivity index is 1.44. The zero-order valence-electron chi connectivity index (χ0n) is 19.1. The van der Waals surface area contributed by atoms with Crippen LogP contribution in [0.2, 0.25) is 5.02 Å². The summed E-state index contributed by atoms with van der Waals surface area (Å²) in [4.78, 5) is 11.4. The first-order valence-corrected chi connectivity index (χ1v) is 11.8. The number of halogens is 2. The van der Waals surface area contributed by atoms with Crippen molar-refractivity contribution >= 4 is 11.6 Å². The fourth-order valence-corrected chi connectivity index (χ4v) is 4.45. The molecule has 3 aromatic rings. The molecule has 0 bridgehead atoms. The van der Waals surface area contributed by atoms with Gasteiger partial charge in [-0.05, 0) is 68.1 Å². The Morgan fingerprint density at radius 2 is 1.94 bits per heavy atom. The highest BCUT2D eigenvalue weighted by molar-refractivity contribution is 6.32. The van der Waals surface area contributed by atoms with Crippen LogP contribution in [0.4, 0.5) is 4.39 Å². The molecule has 1 aliphatic heterocycles. The molecule has 0 unspecified atom stereocenters. The Labute approximate surface area is 199 Å². The molecule has 1 aliphatic rings. The minimum absolute atomic E-state index is 0.0848. The van der Waals surface area contributed by atoms with Gasteiger partial charge in [0.2, 0.25) is 0 Å². The van der Waals surface area contributed by atoms with E-state index in [2.05, 4.69) is 34.0 Å². The fraction of sp³-hybridized carbons (Fsp3) is 0.385. The minimum atomic E-state index is -0.274. The maximum atomic E-state index is 14.7. The third-order valence-electron chi connectivity index (χ3n) is 6.17. The summed E-state index contributed by atoms with van der Waals surface area (Å²) in [6.07, 6.45) is 3.98. The predicted octanol–water partition coefficient (Wildman–Crippen LogP) is 5.00. The van der Waals surface area contributed by atoms with Crippen LogP contribution < -0.4 is 5.32 Å². The van der Waals surface area contributed by atoms with E-state index in [1.807, 2.05) is 18.2 Å². The maximum absolute atomic E-state index is 14.7. The molecule has 174 valence electrons. The molecule has 1 aromatic heterocycles. The molecular weight excluding hydrogens is 439 g/mol. The standard InChI is InChI=1S/C26H30ClFN4O/c1-17-15-32(18(2)14-30-17)16-20-6-8-23(28)21(12-20)24-10-11-29-26(31-24)5-3-4-19-7-9-25(33)22(27)13-19/h6-13,17-18,30,33H,3-5,14-16H2,1-2H3/t17-,18+/m1/s1. The second kappa shape index (κ2) is 10.6. The third kappa shape index (κ3) is 6.08. The molecule has 2 heterocycles. The number of aromatic hydroxyl groups is 1. The van der Waals surface area contributed by atoms with Gasteiger partial charge in [-0.2, -0.15) is 0 Å². The molecule has 2 atom stereocenters. The van der Waals surface area contributed by atoms with Crippen LogP contribution in [-0.2, 0) is 19.4 Å². The first kappa shape index (κ1) is 23.6. The summed E-state index contributed by atoms with van der Waals surface area (Å²) in [5.74, 6) is 0.497. The quantitative estimate of drug-likeness (QED) is 0.511. The van der Waals surface area contributed by atoms with Crippen molar-refractivity contribution in [3.05, 3.63) is 76.5 Å². The molecule has 0 amide bonds. The van der Waals surface area contributed by atoms with Crippen molar-refractivity contribution < 1.29 is 9.50 Å². The molecule has 1 saturated heterocycles. The number of nitrogens with zero attached hydrogens (tertiary/aromatic N) is 3. The number of aromatic nitrogens is 2. The summed E-state index contributed by atoms with van der Waals surface area (Å²) in [6.45, 7) is 7.12. The van der Waals surface area contributed by atoms with E-state index in [1.54, 1.807) is 24.4 Å². The number of phenolic OH excluding ortho intramolecular Hbond substituents is 1. The first-order chi connectivity index (χ1) is 15.9. The maximum Gasteiger partial charge on any atom is 0.134 e. The highest BCUT2D eigenvalue weighted by Crippen LogP contribution is 2.26. The van der Waals surface area contributed by atoms with Gasteiger partial charge in [0.1, 0.15) is 17.4 Å². The summed E-state index contributed by atoms with van der Waals surface area (Å²) in [5, 5.41) is 13.4. The lowest BCUT2D eigenvalue weighted by Gasteiger charge is -2.37. The highest BCUT2D eigenvalue weighted by atomic mass is 35.5. The fourth-order valence-electron chi connectivity index (χ4n) is 4.25. The lowest BCUT2D eigenvalue weighted by molar-refractivity contribution is 0.139. The lowest BCUT2D eigenvalue weighted by atomic mass is 10.0. The number of rotatable bonds is 7. The van der Waals surface area contributed by atoms with Gasteiger partial charge in [-0.15, -0.1) is 0 Å². The topological polar surface area (TPSA) is 61.3 Å². The van der Waals surface area contributed by atoms with Crippen LogP contribution in [0.15, 0.2) is 48.7 Å². The summed E-state index contributed by atoms with van der Waals surface area (Å²) >= 11 is 5.99. The Morgan fingerprint density at radius 3 is 2.76 bits per heavy atom. The average molecular weight is 469 g/mol. The smallest absolute Gasteiger partial charge is 0.134 e. The monoisotopic (exact) mass is 468 g/mol. The zero-order valence-corrected chi connectivity index (χ0v) is 19.8. The normalized spacial score (nSPS) is 19.0. The Hall–Kier alpha value is -2.54. The molecule has 2 aromatic carbocycles. The van der Waals surface area contributed by atoms with E-state index in [-0.39, 0.29) is 11.6 Å². The van der Waals surface area contributed by atoms with Crippen molar-refractivity contribution in [2.75, 3.05) is 13.1 Å². The van der Waals surface area contributed by atoms with E-state index in [0.29, 0.717) is 40.6 Å². The van der Waals surface area contributed by atoms with E-state index in [1.165, 1.54) is 6.07 Å². The molecule has 4 rings (SSSR count). The summed E-state index contributed by atoms with van der Waals surface area (Å²) < 4.78 is 14.7. The van der Waals surface area contributed by atoms with Crippen LogP contribution in [-0.4, -0.2) is 45.1 Å². The molecule has 0 spiro atoms.